The van der Waals surface area contributed by atoms with Gasteiger partial charge in [-0.15, -0.1) is 0 Å². The molecule has 16 heavy (non-hydrogen) atoms. The molecule has 0 spiro atoms. The molecule has 1 N–H and O–H groups in total. The third-order valence-electron chi connectivity index (χ3n) is 3.08. The normalized spacial score (nSPS) is 25.9. The van der Waals surface area contributed by atoms with Gasteiger partial charge in [0.05, 0.1) is 6.04 Å². The summed E-state index contributed by atoms with van der Waals surface area (Å²) in [6.07, 6.45) is 2.00. The van der Waals surface area contributed by atoms with Crippen molar-refractivity contribution in [1.82, 2.24) is 15.1 Å². The van der Waals surface area contributed by atoms with E-state index in [0.717, 1.165) is 18.8 Å². The Hall–Kier alpha value is -0.750. The summed E-state index contributed by atoms with van der Waals surface area (Å²) >= 11 is 1.69. The van der Waals surface area contributed by atoms with E-state index in [4.69, 9.17) is 0 Å². The number of hydrogen-bond acceptors (Lipinski definition) is 4. The van der Waals surface area contributed by atoms with Crippen LogP contribution in [0, 0.1) is 0 Å². The highest BCUT2D eigenvalue weighted by Crippen LogP contribution is 2.14. The molecular formula is C10H17N3O2S. The monoisotopic (exact) mass is 243 g/mol. The van der Waals surface area contributed by atoms with Crippen molar-refractivity contribution in [3.05, 3.63) is 0 Å². The molecule has 1 atom stereocenters. The Balaban J connectivity index is 2.03. The number of carbonyl (C=O) groups excluding carboxylic acids is 2. The largest absolute Gasteiger partial charge is 0.332 e. The first-order chi connectivity index (χ1) is 7.74. The van der Waals surface area contributed by atoms with E-state index in [0.29, 0.717) is 19.6 Å². The van der Waals surface area contributed by atoms with Crippen molar-refractivity contribution < 1.29 is 9.59 Å². The number of piperazine rings is 2. The lowest BCUT2D eigenvalue weighted by atomic mass is 10.1. The summed E-state index contributed by atoms with van der Waals surface area (Å²) in [6, 6.07) is 0.167. The maximum Gasteiger partial charge on any atom is 0.312 e. The van der Waals surface area contributed by atoms with Crippen molar-refractivity contribution in [2.75, 3.05) is 44.7 Å². The summed E-state index contributed by atoms with van der Waals surface area (Å²) in [6.45, 7) is 3.61. The molecule has 2 heterocycles. The molecule has 0 radical (unpaired) electrons. The van der Waals surface area contributed by atoms with Gasteiger partial charge in [-0.25, -0.2) is 0 Å². The van der Waals surface area contributed by atoms with Crippen molar-refractivity contribution >= 4 is 23.6 Å². The summed E-state index contributed by atoms with van der Waals surface area (Å²) in [7, 11) is 0. The van der Waals surface area contributed by atoms with E-state index in [1.807, 2.05) is 6.26 Å². The van der Waals surface area contributed by atoms with E-state index in [9.17, 15) is 9.59 Å². The Labute approximate surface area is 99.5 Å². The van der Waals surface area contributed by atoms with Gasteiger partial charge in [-0.2, -0.15) is 11.8 Å². The Morgan fingerprint density at radius 1 is 1.44 bits per heavy atom. The van der Waals surface area contributed by atoms with Crippen LogP contribution in [-0.2, 0) is 9.59 Å². The molecule has 0 aromatic rings. The molecule has 90 valence electrons. The summed E-state index contributed by atoms with van der Waals surface area (Å²) < 4.78 is 0. The third kappa shape index (κ3) is 2.17. The van der Waals surface area contributed by atoms with Gasteiger partial charge >= 0.3 is 11.8 Å². The second-order valence-corrected chi connectivity index (χ2v) is 5.09. The van der Waals surface area contributed by atoms with Gasteiger partial charge in [0, 0.05) is 38.5 Å². The molecule has 1 unspecified atom stereocenters. The first kappa shape index (κ1) is 11.7. The second kappa shape index (κ2) is 5.05. The topological polar surface area (TPSA) is 52.6 Å². The lowest BCUT2D eigenvalue weighted by Crippen LogP contribution is -2.65. The predicted molar refractivity (Wildman–Crippen MR) is 63.3 cm³/mol. The van der Waals surface area contributed by atoms with Crippen LogP contribution < -0.4 is 5.32 Å². The molecule has 0 saturated carbocycles. The fraction of sp³-hybridized carbons (Fsp3) is 0.800. The van der Waals surface area contributed by atoms with Gasteiger partial charge in [0.15, 0.2) is 0 Å². The van der Waals surface area contributed by atoms with E-state index < -0.39 is 0 Å². The van der Waals surface area contributed by atoms with Crippen LogP contribution in [0.3, 0.4) is 0 Å². The van der Waals surface area contributed by atoms with Gasteiger partial charge in [0.2, 0.25) is 0 Å². The average molecular weight is 243 g/mol. The molecule has 0 aliphatic carbocycles. The van der Waals surface area contributed by atoms with E-state index in [1.54, 1.807) is 21.6 Å². The summed E-state index contributed by atoms with van der Waals surface area (Å²) in [5.74, 6) is 0.241. The predicted octanol–water partition coefficient (Wildman–Crippen LogP) is -1.01. The van der Waals surface area contributed by atoms with Crippen LogP contribution in [0.25, 0.3) is 0 Å². The molecule has 2 saturated heterocycles. The second-order valence-electron chi connectivity index (χ2n) is 4.10. The standard InChI is InChI=1S/C10H17N3O2S/c1-16-5-4-12-7-8-6-11-2-3-13(8)10(15)9(12)14/h8,11H,2-7H2,1H3. The number of rotatable bonds is 3. The number of thioether (sulfide) groups is 1. The van der Waals surface area contributed by atoms with Crippen molar-refractivity contribution in [2.24, 2.45) is 0 Å². The minimum absolute atomic E-state index is 0.167. The number of carbonyl (C=O) groups is 2. The SMILES string of the molecule is CSCCN1CC2CNCCN2C(=O)C1=O. The van der Waals surface area contributed by atoms with Gasteiger partial charge in [-0.3, -0.25) is 9.59 Å². The van der Waals surface area contributed by atoms with Gasteiger partial charge in [0.25, 0.3) is 0 Å². The fourth-order valence-corrected chi connectivity index (χ4v) is 2.58. The highest BCUT2D eigenvalue weighted by molar-refractivity contribution is 7.98. The van der Waals surface area contributed by atoms with E-state index in [2.05, 4.69) is 5.32 Å². The van der Waals surface area contributed by atoms with Gasteiger partial charge in [-0.1, -0.05) is 0 Å². The van der Waals surface area contributed by atoms with E-state index >= 15 is 0 Å². The zero-order chi connectivity index (χ0) is 11.5. The molecule has 0 aromatic carbocycles. The fourth-order valence-electron chi connectivity index (χ4n) is 2.18. The summed E-state index contributed by atoms with van der Waals surface area (Å²) in [5.41, 5.74) is 0. The van der Waals surface area contributed by atoms with Gasteiger partial charge in [-0.05, 0) is 6.26 Å². The molecule has 2 aliphatic rings. The zero-order valence-corrected chi connectivity index (χ0v) is 10.3. The van der Waals surface area contributed by atoms with Gasteiger partial charge in [0.1, 0.15) is 0 Å². The summed E-state index contributed by atoms with van der Waals surface area (Å²) in [4.78, 5) is 27.0. The maximum atomic E-state index is 11.8. The molecule has 2 rings (SSSR count). The number of nitrogens with zero attached hydrogens (tertiary/aromatic N) is 2. The Morgan fingerprint density at radius 2 is 2.25 bits per heavy atom. The summed E-state index contributed by atoms with van der Waals surface area (Å²) in [5, 5.41) is 3.26. The molecule has 0 bridgehead atoms. The van der Waals surface area contributed by atoms with Gasteiger partial charge < -0.3 is 15.1 Å². The van der Waals surface area contributed by atoms with Crippen molar-refractivity contribution in [3.63, 3.8) is 0 Å². The molecule has 6 heteroatoms. The van der Waals surface area contributed by atoms with Crippen LogP contribution in [0.1, 0.15) is 0 Å². The lowest BCUT2D eigenvalue weighted by molar-refractivity contribution is -0.159. The number of nitrogens with one attached hydrogen (secondary N) is 1. The van der Waals surface area contributed by atoms with Crippen LogP contribution in [0.5, 0.6) is 0 Å². The quantitative estimate of drug-likeness (QED) is 0.646. The smallest absolute Gasteiger partial charge is 0.312 e. The third-order valence-corrected chi connectivity index (χ3v) is 3.67. The maximum absolute atomic E-state index is 11.8. The van der Waals surface area contributed by atoms with Crippen LogP contribution in [0.4, 0.5) is 0 Å². The Morgan fingerprint density at radius 3 is 3.00 bits per heavy atom. The highest BCUT2D eigenvalue weighted by Gasteiger charge is 2.39. The average Bonchev–Trinajstić information content (AvgIpc) is 2.32. The molecule has 2 aliphatic heterocycles. The molecular weight excluding hydrogens is 226 g/mol. The Bertz CT molecular complexity index is 298. The minimum Gasteiger partial charge on any atom is -0.332 e. The number of fused-ring (bicyclic) bond motifs is 1. The van der Waals surface area contributed by atoms with Crippen LogP contribution >= 0.6 is 11.8 Å². The lowest BCUT2D eigenvalue weighted by Gasteiger charge is -2.43. The highest BCUT2D eigenvalue weighted by atomic mass is 32.2. The van der Waals surface area contributed by atoms with Crippen LogP contribution in [0.2, 0.25) is 0 Å². The molecule has 2 amide bonds. The van der Waals surface area contributed by atoms with Crippen LogP contribution in [0.15, 0.2) is 0 Å². The zero-order valence-electron chi connectivity index (χ0n) is 9.44. The Kier molecular flexibility index (Phi) is 3.70. The van der Waals surface area contributed by atoms with E-state index in [1.165, 1.54) is 0 Å². The number of hydrogen-bond donors (Lipinski definition) is 1. The first-order valence-electron chi connectivity index (χ1n) is 5.53. The van der Waals surface area contributed by atoms with Crippen molar-refractivity contribution in [1.29, 1.82) is 0 Å². The molecule has 5 nitrogen and oxygen atoms in total. The minimum atomic E-state index is -0.327. The van der Waals surface area contributed by atoms with Crippen LogP contribution in [-0.4, -0.2) is 72.4 Å². The number of amides is 2. The van der Waals surface area contributed by atoms with E-state index in [-0.39, 0.29) is 17.9 Å². The first-order valence-corrected chi connectivity index (χ1v) is 6.93. The van der Waals surface area contributed by atoms with Crippen molar-refractivity contribution in [3.8, 4) is 0 Å². The molecule has 0 aromatic heterocycles. The molecule has 2 fully saturated rings. The van der Waals surface area contributed by atoms with Crippen molar-refractivity contribution in [2.45, 2.75) is 6.04 Å².